The van der Waals surface area contributed by atoms with Crippen molar-refractivity contribution in [2.45, 2.75) is 26.2 Å². The number of carbonyl (C=O) groups excluding carboxylic acids is 1. The summed E-state index contributed by atoms with van der Waals surface area (Å²) in [5, 5.41) is 2.91. The molecule has 4 heteroatoms. The van der Waals surface area contributed by atoms with Gasteiger partial charge in [-0.1, -0.05) is 6.92 Å². The molecular formula is C20H24N2O2. The molecule has 1 aromatic heterocycles. The van der Waals surface area contributed by atoms with E-state index < -0.39 is 0 Å². The number of furan rings is 1. The first kappa shape index (κ1) is 16.4. The second kappa shape index (κ2) is 6.56. The van der Waals surface area contributed by atoms with Crippen LogP contribution in [0.2, 0.25) is 0 Å². The molecule has 0 spiro atoms. The molecule has 0 unspecified atom stereocenters. The summed E-state index contributed by atoms with van der Waals surface area (Å²) in [5.74, 6) is 2.85. The van der Waals surface area contributed by atoms with Gasteiger partial charge < -0.3 is 14.6 Å². The zero-order chi connectivity index (χ0) is 17.3. The van der Waals surface area contributed by atoms with Crippen LogP contribution < -0.4 is 10.2 Å². The summed E-state index contributed by atoms with van der Waals surface area (Å²) < 4.78 is 5.77. The molecule has 3 rings (SSSR count). The molecule has 0 bridgehead atoms. The van der Waals surface area contributed by atoms with E-state index in [1.165, 1.54) is 12.5 Å². The molecule has 2 atom stereocenters. The van der Waals surface area contributed by atoms with Gasteiger partial charge in [0.15, 0.2) is 0 Å². The van der Waals surface area contributed by atoms with Crippen molar-refractivity contribution in [1.29, 1.82) is 0 Å². The second-order valence-corrected chi connectivity index (χ2v) is 6.78. The van der Waals surface area contributed by atoms with Gasteiger partial charge in [-0.15, -0.1) is 0 Å². The molecule has 24 heavy (non-hydrogen) atoms. The largest absolute Gasteiger partial charge is 0.461 e. The van der Waals surface area contributed by atoms with Crippen molar-refractivity contribution in [3.63, 3.8) is 0 Å². The summed E-state index contributed by atoms with van der Waals surface area (Å²) in [6.07, 6.45) is 4.42. The topological polar surface area (TPSA) is 45.5 Å². The Morgan fingerprint density at radius 2 is 2.04 bits per heavy atom. The molecular weight excluding hydrogens is 300 g/mol. The monoisotopic (exact) mass is 324 g/mol. The van der Waals surface area contributed by atoms with E-state index in [9.17, 15) is 4.79 Å². The highest BCUT2D eigenvalue weighted by Gasteiger charge is 2.36. The summed E-state index contributed by atoms with van der Waals surface area (Å²) in [7, 11) is 3.99. The Bertz CT molecular complexity index is 774. The minimum absolute atomic E-state index is 0.159. The Balaban J connectivity index is 1.62. The number of nitrogens with zero attached hydrogens (tertiary/aromatic N) is 1. The molecule has 1 heterocycles. The molecule has 1 amide bonds. The summed E-state index contributed by atoms with van der Waals surface area (Å²) in [6.45, 7) is 4.21. The fraction of sp³-hybridized carbons (Fsp3) is 0.350. The molecule has 1 aliphatic rings. The average molecular weight is 324 g/mol. The molecule has 1 aliphatic carbocycles. The van der Waals surface area contributed by atoms with Gasteiger partial charge in [0.1, 0.15) is 11.5 Å². The smallest absolute Gasteiger partial charge is 0.248 e. The molecule has 2 aromatic rings. The molecule has 1 aromatic carbocycles. The Labute approximate surface area is 143 Å². The van der Waals surface area contributed by atoms with Gasteiger partial charge in [0, 0.05) is 37.5 Å². The van der Waals surface area contributed by atoms with Gasteiger partial charge >= 0.3 is 0 Å². The van der Waals surface area contributed by atoms with E-state index in [2.05, 4.69) is 18.3 Å². The number of hydrogen-bond acceptors (Lipinski definition) is 3. The van der Waals surface area contributed by atoms with Gasteiger partial charge in [0.25, 0.3) is 0 Å². The lowest BCUT2D eigenvalue weighted by atomic mass is 10.1. The van der Waals surface area contributed by atoms with Crippen LogP contribution in [0.4, 0.5) is 11.4 Å². The van der Waals surface area contributed by atoms with Gasteiger partial charge in [0.05, 0.1) is 0 Å². The van der Waals surface area contributed by atoms with Crippen LogP contribution in [-0.2, 0) is 4.79 Å². The summed E-state index contributed by atoms with van der Waals surface area (Å²) in [4.78, 5) is 14.1. The van der Waals surface area contributed by atoms with Gasteiger partial charge in [-0.2, -0.15) is 0 Å². The van der Waals surface area contributed by atoms with E-state index in [1.807, 2.05) is 50.2 Å². The maximum absolute atomic E-state index is 12.1. The number of rotatable bonds is 5. The number of amides is 1. The number of aryl methyl sites for hydroxylation is 1. The van der Waals surface area contributed by atoms with Gasteiger partial charge in [-0.3, -0.25) is 4.79 Å². The highest BCUT2D eigenvalue weighted by Crippen LogP contribution is 2.47. The fourth-order valence-corrected chi connectivity index (χ4v) is 2.77. The summed E-state index contributed by atoms with van der Waals surface area (Å²) >= 11 is 0. The van der Waals surface area contributed by atoms with Crippen molar-refractivity contribution in [3.05, 3.63) is 53.5 Å². The molecule has 4 nitrogen and oxygen atoms in total. The van der Waals surface area contributed by atoms with E-state index in [0.29, 0.717) is 11.8 Å². The molecule has 0 aliphatic heterocycles. The highest BCUT2D eigenvalue weighted by molar-refractivity contribution is 6.02. The molecule has 1 fully saturated rings. The van der Waals surface area contributed by atoms with E-state index in [1.54, 1.807) is 6.08 Å². The number of carbonyl (C=O) groups is 1. The van der Waals surface area contributed by atoms with Crippen molar-refractivity contribution >= 4 is 23.4 Å². The summed E-state index contributed by atoms with van der Waals surface area (Å²) in [6, 6.07) is 9.89. The Morgan fingerprint density at radius 3 is 2.67 bits per heavy atom. The Kier molecular flexibility index (Phi) is 4.47. The van der Waals surface area contributed by atoms with E-state index in [0.717, 1.165) is 28.5 Å². The summed E-state index contributed by atoms with van der Waals surface area (Å²) in [5.41, 5.74) is 2.96. The van der Waals surface area contributed by atoms with Crippen LogP contribution in [0.15, 0.2) is 40.8 Å². The number of anilines is 2. The van der Waals surface area contributed by atoms with Crippen LogP contribution >= 0.6 is 0 Å². The van der Waals surface area contributed by atoms with E-state index in [-0.39, 0.29) is 5.91 Å². The normalized spacial score (nSPS) is 19.5. The fourth-order valence-electron chi connectivity index (χ4n) is 2.77. The molecule has 126 valence electrons. The van der Waals surface area contributed by atoms with Crippen LogP contribution in [0.5, 0.6) is 0 Å². The zero-order valence-corrected chi connectivity index (χ0v) is 14.7. The molecule has 0 radical (unpaired) electrons. The van der Waals surface area contributed by atoms with Crippen LogP contribution in [0, 0.1) is 12.8 Å². The van der Waals surface area contributed by atoms with E-state index >= 15 is 0 Å². The quantitative estimate of drug-likeness (QED) is 0.828. The van der Waals surface area contributed by atoms with Crippen molar-refractivity contribution in [2.24, 2.45) is 5.92 Å². The van der Waals surface area contributed by atoms with Crippen LogP contribution in [0.25, 0.3) is 6.08 Å². The van der Waals surface area contributed by atoms with Crippen LogP contribution in [0.1, 0.15) is 36.3 Å². The third kappa shape index (κ3) is 3.70. The maximum Gasteiger partial charge on any atom is 0.248 e. The third-order valence-corrected chi connectivity index (χ3v) is 4.51. The zero-order valence-electron chi connectivity index (χ0n) is 14.7. The predicted molar refractivity (Wildman–Crippen MR) is 98.4 cm³/mol. The van der Waals surface area contributed by atoms with Crippen LogP contribution in [-0.4, -0.2) is 20.0 Å². The maximum atomic E-state index is 12.1. The van der Waals surface area contributed by atoms with Crippen LogP contribution in [0.3, 0.4) is 0 Å². The first-order valence-corrected chi connectivity index (χ1v) is 8.31. The van der Waals surface area contributed by atoms with Gasteiger partial charge in [0.2, 0.25) is 5.91 Å². The predicted octanol–water partition coefficient (Wildman–Crippen LogP) is 4.43. The van der Waals surface area contributed by atoms with Crippen molar-refractivity contribution in [2.75, 3.05) is 24.3 Å². The first-order chi connectivity index (χ1) is 11.4. The minimum Gasteiger partial charge on any atom is -0.461 e. The third-order valence-electron chi connectivity index (χ3n) is 4.51. The van der Waals surface area contributed by atoms with Gasteiger partial charge in [-0.05, 0) is 61.2 Å². The lowest BCUT2D eigenvalue weighted by Crippen LogP contribution is -2.11. The van der Waals surface area contributed by atoms with Gasteiger partial charge in [-0.25, -0.2) is 0 Å². The number of benzene rings is 1. The standard InChI is InChI=1S/C20H24N2O2/c1-13-12-17(13)19-9-6-16(24-19)7-10-20(23)21-18-8-5-15(22(3)4)11-14(18)2/h5-11,13,17H,12H2,1-4H3,(H,21,23)/b10-7+/t13-,17-/m1/s1. The molecule has 0 saturated heterocycles. The SMILES string of the molecule is Cc1cc(N(C)C)ccc1NC(=O)/C=C/c1ccc([C@@H]2C[C@H]2C)o1. The van der Waals surface area contributed by atoms with Crippen molar-refractivity contribution < 1.29 is 9.21 Å². The molecule has 1 saturated carbocycles. The number of hydrogen-bond donors (Lipinski definition) is 1. The lowest BCUT2D eigenvalue weighted by Gasteiger charge is -2.15. The first-order valence-electron chi connectivity index (χ1n) is 8.31. The molecule has 1 N–H and O–H groups in total. The lowest BCUT2D eigenvalue weighted by molar-refractivity contribution is -0.111. The highest BCUT2D eigenvalue weighted by atomic mass is 16.3. The average Bonchev–Trinajstić information content (AvgIpc) is 3.08. The minimum atomic E-state index is -0.159. The van der Waals surface area contributed by atoms with Crippen molar-refractivity contribution in [1.82, 2.24) is 0 Å². The van der Waals surface area contributed by atoms with Crippen molar-refractivity contribution in [3.8, 4) is 0 Å². The number of nitrogens with one attached hydrogen (secondary N) is 1. The van der Waals surface area contributed by atoms with E-state index in [4.69, 9.17) is 4.42 Å². The Hall–Kier alpha value is -2.49. The second-order valence-electron chi connectivity index (χ2n) is 6.78. The Morgan fingerprint density at radius 1 is 1.29 bits per heavy atom.